The summed E-state index contributed by atoms with van der Waals surface area (Å²) in [5.41, 5.74) is 6.55. The predicted octanol–water partition coefficient (Wildman–Crippen LogP) is 0.693. The molecule has 3 N–H and O–H groups in total. The number of anilines is 1. The van der Waals surface area contributed by atoms with Crippen LogP contribution in [-0.4, -0.2) is 5.11 Å². The Hall–Kier alpha value is -1.68. The molecule has 2 rings (SSSR count). The minimum atomic E-state index is 0.259. The van der Waals surface area contributed by atoms with E-state index in [-0.39, 0.29) is 5.75 Å². The summed E-state index contributed by atoms with van der Waals surface area (Å²) in [6.45, 7) is 0. The number of benzene rings is 1. The second-order valence-corrected chi connectivity index (χ2v) is 2.46. The van der Waals surface area contributed by atoms with Gasteiger partial charge in [-0.25, -0.2) is 0 Å². The van der Waals surface area contributed by atoms with E-state index in [2.05, 4.69) is 11.0 Å². The fraction of sp³-hybridized carbons (Fsp3) is 0. The highest BCUT2D eigenvalue weighted by molar-refractivity contribution is 5.51. The molecule has 0 atom stereocenters. The molecule has 0 amide bonds. The lowest BCUT2D eigenvalue weighted by molar-refractivity contribution is 0.475. The summed E-state index contributed by atoms with van der Waals surface area (Å²) in [5, 5.41) is 10.9. The summed E-state index contributed by atoms with van der Waals surface area (Å²) in [7, 11) is 0. The van der Waals surface area contributed by atoms with Gasteiger partial charge in [-0.05, 0) is 12.1 Å². The van der Waals surface area contributed by atoms with Crippen molar-refractivity contribution in [2.45, 2.75) is 0 Å². The first-order chi connectivity index (χ1) is 5.86. The molecule has 0 fully saturated rings. The fourth-order valence-corrected chi connectivity index (χ4v) is 1.05. The van der Waals surface area contributed by atoms with Gasteiger partial charge in [0.15, 0.2) is 0 Å². The van der Waals surface area contributed by atoms with Crippen molar-refractivity contribution in [1.82, 2.24) is 11.0 Å². The number of phenols is 1. The first-order valence-electron chi connectivity index (χ1n) is 3.62. The summed E-state index contributed by atoms with van der Waals surface area (Å²) in [5.74, 6) is 0.259. The Morgan fingerprint density at radius 3 is 2.92 bits per heavy atom. The van der Waals surface area contributed by atoms with Crippen LogP contribution in [0.15, 0.2) is 36.7 Å². The van der Waals surface area contributed by atoms with Crippen LogP contribution < -0.4 is 16.0 Å². The topological polar surface area (TPSA) is 47.5 Å². The van der Waals surface area contributed by atoms with Crippen LogP contribution in [0.25, 0.3) is 0 Å². The molecule has 1 aliphatic heterocycles. The van der Waals surface area contributed by atoms with Crippen LogP contribution in [0, 0.1) is 0 Å². The van der Waals surface area contributed by atoms with Gasteiger partial charge >= 0.3 is 0 Å². The molecule has 12 heavy (non-hydrogen) atoms. The highest BCUT2D eigenvalue weighted by Gasteiger charge is 2.05. The molecule has 4 nitrogen and oxygen atoms in total. The van der Waals surface area contributed by atoms with Crippen molar-refractivity contribution in [1.29, 1.82) is 0 Å². The van der Waals surface area contributed by atoms with Crippen LogP contribution in [0.1, 0.15) is 0 Å². The second kappa shape index (κ2) is 2.75. The van der Waals surface area contributed by atoms with Gasteiger partial charge in [0.1, 0.15) is 5.75 Å². The molecule has 0 unspecified atom stereocenters. The van der Waals surface area contributed by atoms with E-state index in [4.69, 9.17) is 0 Å². The van der Waals surface area contributed by atoms with Crippen LogP contribution in [0.3, 0.4) is 0 Å². The summed E-state index contributed by atoms with van der Waals surface area (Å²) in [4.78, 5) is 0. The zero-order valence-electron chi connectivity index (χ0n) is 6.36. The summed E-state index contributed by atoms with van der Waals surface area (Å²) >= 11 is 0. The third-order valence-electron chi connectivity index (χ3n) is 1.60. The lowest BCUT2D eigenvalue weighted by atomic mass is 10.3. The number of nitrogens with one attached hydrogen (secondary N) is 2. The molecule has 0 aromatic heterocycles. The van der Waals surface area contributed by atoms with Crippen molar-refractivity contribution in [3.63, 3.8) is 0 Å². The maximum atomic E-state index is 9.17. The Morgan fingerprint density at radius 1 is 1.33 bits per heavy atom. The van der Waals surface area contributed by atoms with Crippen LogP contribution in [0.4, 0.5) is 5.69 Å². The summed E-state index contributed by atoms with van der Waals surface area (Å²) < 4.78 is 0. The van der Waals surface area contributed by atoms with Gasteiger partial charge in [0.25, 0.3) is 0 Å². The number of hydrazine groups is 2. The zero-order valence-corrected chi connectivity index (χ0v) is 6.36. The maximum Gasteiger partial charge on any atom is 0.117 e. The maximum absolute atomic E-state index is 9.17. The molecular formula is C8H9N3O. The SMILES string of the molecule is Oc1cccc(N2C=CNN2)c1. The molecular weight excluding hydrogens is 154 g/mol. The molecule has 0 saturated carbocycles. The van der Waals surface area contributed by atoms with Gasteiger partial charge in [-0.15, -0.1) is 5.53 Å². The number of nitrogens with zero attached hydrogens (tertiary/aromatic N) is 1. The van der Waals surface area contributed by atoms with Gasteiger partial charge in [-0.1, -0.05) is 6.07 Å². The van der Waals surface area contributed by atoms with Crippen molar-refractivity contribution in [2.24, 2.45) is 0 Å². The molecule has 1 aliphatic rings. The Kier molecular flexibility index (Phi) is 1.60. The highest BCUT2D eigenvalue weighted by atomic mass is 16.3. The smallest absolute Gasteiger partial charge is 0.117 e. The lowest BCUT2D eigenvalue weighted by Gasteiger charge is -2.14. The van der Waals surface area contributed by atoms with E-state index in [0.717, 1.165) is 5.69 Å². The molecule has 0 bridgehead atoms. The van der Waals surface area contributed by atoms with Crippen molar-refractivity contribution < 1.29 is 5.11 Å². The van der Waals surface area contributed by atoms with Gasteiger partial charge in [-0.2, -0.15) is 0 Å². The monoisotopic (exact) mass is 163 g/mol. The number of rotatable bonds is 1. The number of aromatic hydroxyl groups is 1. The third kappa shape index (κ3) is 1.19. The van der Waals surface area contributed by atoms with Crippen molar-refractivity contribution in [2.75, 3.05) is 5.01 Å². The van der Waals surface area contributed by atoms with E-state index in [1.807, 2.05) is 12.3 Å². The van der Waals surface area contributed by atoms with E-state index in [9.17, 15) is 5.11 Å². The molecule has 62 valence electrons. The minimum absolute atomic E-state index is 0.259. The standard InChI is InChI=1S/C8H9N3O/c12-8-3-1-2-7(6-8)11-5-4-9-10-11/h1-6,9-10,12H. The van der Waals surface area contributed by atoms with Gasteiger partial charge < -0.3 is 10.5 Å². The largest absolute Gasteiger partial charge is 0.508 e. The minimum Gasteiger partial charge on any atom is -0.508 e. The summed E-state index contributed by atoms with van der Waals surface area (Å²) in [6, 6.07) is 6.99. The average molecular weight is 163 g/mol. The van der Waals surface area contributed by atoms with E-state index in [0.29, 0.717) is 0 Å². The van der Waals surface area contributed by atoms with E-state index in [1.165, 1.54) is 0 Å². The molecule has 1 heterocycles. The normalized spacial score (nSPS) is 14.8. The molecule has 0 spiro atoms. The third-order valence-corrected chi connectivity index (χ3v) is 1.60. The van der Waals surface area contributed by atoms with Gasteiger partial charge in [0.2, 0.25) is 0 Å². The van der Waals surface area contributed by atoms with Crippen LogP contribution in [-0.2, 0) is 0 Å². The fourth-order valence-electron chi connectivity index (χ4n) is 1.05. The first-order valence-corrected chi connectivity index (χ1v) is 3.62. The molecule has 0 saturated heterocycles. The Morgan fingerprint density at radius 2 is 2.25 bits per heavy atom. The van der Waals surface area contributed by atoms with Crippen LogP contribution in [0.2, 0.25) is 0 Å². The number of phenolic OH excluding ortho intramolecular Hbond substituents is 1. The highest BCUT2D eigenvalue weighted by Crippen LogP contribution is 2.19. The number of hydrogen-bond acceptors (Lipinski definition) is 4. The second-order valence-electron chi connectivity index (χ2n) is 2.46. The molecule has 1 aromatic rings. The van der Waals surface area contributed by atoms with Crippen LogP contribution >= 0.6 is 0 Å². The van der Waals surface area contributed by atoms with Crippen molar-refractivity contribution >= 4 is 5.69 Å². The van der Waals surface area contributed by atoms with Crippen molar-refractivity contribution in [3.8, 4) is 5.75 Å². The van der Waals surface area contributed by atoms with E-state index < -0.39 is 0 Å². The van der Waals surface area contributed by atoms with Crippen LogP contribution in [0.5, 0.6) is 5.75 Å². The van der Waals surface area contributed by atoms with Gasteiger partial charge in [-0.3, -0.25) is 5.01 Å². The molecule has 4 heteroatoms. The number of hydrogen-bond donors (Lipinski definition) is 3. The Balaban J connectivity index is 2.27. The van der Waals surface area contributed by atoms with Crippen molar-refractivity contribution in [3.05, 3.63) is 36.7 Å². The molecule has 0 aliphatic carbocycles. The van der Waals surface area contributed by atoms with Gasteiger partial charge in [0, 0.05) is 18.5 Å². The lowest BCUT2D eigenvalue weighted by Crippen LogP contribution is -2.35. The quantitative estimate of drug-likeness (QED) is 0.570. The van der Waals surface area contributed by atoms with E-state index >= 15 is 0 Å². The Labute approximate surface area is 70.1 Å². The molecule has 0 radical (unpaired) electrons. The summed E-state index contributed by atoms with van der Waals surface area (Å²) in [6.07, 6.45) is 3.60. The van der Waals surface area contributed by atoms with E-state index in [1.54, 1.807) is 29.4 Å². The zero-order chi connectivity index (χ0) is 8.39. The molecule has 1 aromatic carbocycles. The predicted molar refractivity (Wildman–Crippen MR) is 46.0 cm³/mol. The van der Waals surface area contributed by atoms with Gasteiger partial charge in [0.05, 0.1) is 5.69 Å². The first kappa shape index (κ1) is 7.00. The Bertz CT molecular complexity index is 311. The average Bonchev–Trinajstić information content (AvgIpc) is 2.56.